The molecule has 15 heavy (non-hydrogen) atoms. The van der Waals surface area contributed by atoms with Crippen molar-refractivity contribution < 1.29 is 4.39 Å². The van der Waals surface area contributed by atoms with Gasteiger partial charge in [-0.1, -0.05) is 42.8 Å². The largest absolute Gasteiger partial charge is 0.313 e. The lowest BCUT2D eigenvalue weighted by Gasteiger charge is -1.99. The molecule has 1 rings (SSSR count). The maximum Gasteiger partial charge on any atom is 0.148 e. The van der Waals surface area contributed by atoms with Crippen LogP contribution in [-0.4, -0.2) is 13.1 Å². The molecule has 0 bridgehead atoms. The lowest BCUT2D eigenvalue weighted by Crippen LogP contribution is -2.13. The highest BCUT2D eigenvalue weighted by atomic mass is 35.5. The Labute approximate surface area is 95.0 Å². The van der Waals surface area contributed by atoms with E-state index in [0.717, 1.165) is 19.5 Å². The molecule has 3 heteroatoms. The monoisotopic (exact) mass is 227 g/mol. The first-order valence-corrected chi connectivity index (χ1v) is 5.44. The second kappa shape index (κ2) is 6.59. The van der Waals surface area contributed by atoms with Crippen LogP contribution < -0.4 is 5.32 Å². The smallest absolute Gasteiger partial charge is 0.148 e. The van der Waals surface area contributed by atoms with Gasteiger partial charge in [0.1, 0.15) is 5.82 Å². The minimum absolute atomic E-state index is 0.165. The van der Waals surface area contributed by atoms with Gasteiger partial charge < -0.3 is 5.32 Å². The summed E-state index contributed by atoms with van der Waals surface area (Å²) in [4.78, 5) is 0. The fourth-order valence-electron chi connectivity index (χ4n) is 1.20. The van der Waals surface area contributed by atoms with Gasteiger partial charge in [-0.3, -0.25) is 0 Å². The molecule has 0 heterocycles. The van der Waals surface area contributed by atoms with Gasteiger partial charge in [0.2, 0.25) is 0 Å². The van der Waals surface area contributed by atoms with Crippen LogP contribution in [0, 0.1) is 5.82 Å². The normalized spacial score (nSPS) is 11.1. The summed E-state index contributed by atoms with van der Waals surface area (Å²) in [6.07, 6.45) is 4.73. The molecule has 1 aromatic carbocycles. The zero-order valence-electron chi connectivity index (χ0n) is 8.76. The van der Waals surface area contributed by atoms with E-state index >= 15 is 0 Å². The third-order valence-corrected chi connectivity index (χ3v) is 2.26. The Hall–Kier alpha value is -0.860. The molecule has 1 N–H and O–H groups in total. The van der Waals surface area contributed by atoms with Gasteiger partial charge in [-0.25, -0.2) is 4.39 Å². The van der Waals surface area contributed by atoms with Crippen LogP contribution in [-0.2, 0) is 0 Å². The quantitative estimate of drug-likeness (QED) is 0.760. The maximum absolute atomic E-state index is 13.4. The van der Waals surface area contributed by atoms with E-state index in [1.165, 1.54) is 0 Å². The molecular weight excluding hydrogens is 213 g/mol. The van der Waals surface area contributed by atoms with Crippen LogP contribution in [0.2, 0.25) is 5.02 Å². The number of rotatable bonds is 5. The summed E-state index contributed by atoms with van der Waals surface area (Å²) >= 11 is 5.65. The van der Waals surface area contributed by atoms with Crippen molar-refractivity contribution in [2.24, 2.45) is 0 Å². The second-order valence-electron chi connectivity index (χ2n) is 3.25. The molecule has 0 atom stereocenters. The van der Waals surface area contributed by atoms with Crippen LogP contribution >= 0.6 is 11.6 Å². The van der Waals surface area contributed by atoms with Crippen molar-refractivity contribution in [2.45, 2.75) is 13.3 Å². The van der Waals surface area contributed by atoms with Crippen LogP contribution in [0.5, 0.6) is 0 Å². The standard InChI is InChI=1S/C12H15ClFN/c1-2-8-15-9-4-6-10-5-3-7-11(13)12(10)14/h3-7,15H,2,8-9H2,1H3/b6-4+. The summed E-state index contributed by atoms with van der Waals surface area (Å²) in [6, 6.07) is 4.99. The van der Waals surface area contributed by atoms with Gasteiger partial charge in [-0.2, -0.15) is 0 Å². The minimum atomic E-state index is -0.356. The molecule has 82 valence electrons. The number of hydrogen-bond acceptors (Lipinski definition) is 1. The van der Waals surface area contributed by atoms with Gasteiger partial charge in [0.15, 0.2) is 0 Å². The lowest BCUT2D eigenvalue weighted by atomic mass is 10.2. The number of hydrogen-bond donors (Lipinski definition) is 1. The first-order valence-electron chi connectivity index (χ1n) is 5.07. The number of nitrogens with one attached hydrogen (secondary N) is 1. The van der Waals surface area contributed by atoms with Gasteiger partial charge in [-0.05, 0) is 19.0 Å². The van der Waals surface area contributed by atoms with E-state index < -0.39 is 0 Å². The van der Waals surface area contributed by atoms with E-state index in [1.807, 2.05) is 6.08 Å². The molecule has 1 nitrogen and oxygen atoms in total. The molecule has 0 aliphatic rings. The van der Waals surface area contributed by atoms with Crippen molar-refractivity contribution in [3.63, 3.8) is 0 Å². The van der Waals surface area contributed by atoms with E-state index in [9.17, 15) is 4.39 Å². The van der Waals surface area contributed by atoms with Crippen molar-refractivity contribution in [1.82, 2.24) is 5.32 Å². The maximum atomic E-state index is 13.4. The van der Waals surface area contributed by atoms with E-state index in [0.29, 0.717) is 5.56 Å². The Morgan fingerprint density at radius 3 is 3.00 bits per heavy atom. The van der Waals surface area contributed by atoms with Crippen molar-refractivity contribution in [1.29, 1.82) is 0 Å². The molecule has 0 radical (unpaired) electrons. The third kappa shape index (κ3) is 4.02. The molecular formula is C12H15ClFN. The average molecular weight is 228 g/mol. The molecule has 0 saturated carbocycles. The molecule has 0 aromatic heterocycles. The summed E-state index contributed by atoms with van der Waals surface area (Å²) in [5, 5.41) is 3.36. The molecule has 0 aliphatic carbocycles. The Morgan fingerprint density at radius 2 is 2.27 bits per heavy atom. The Morgan fingerprint density at radius 1 is 1.47 bits per heavy atom. The van der Waals surface area contributed by atoms with Crippen molar-refractivity contribution >= 4 is 17.7 Å². The van der Waals surface area contributed by atoms with Gasteiger partial charge in [0, 0.05) is 12.1 Å². The highest BCUT2D eigenvalue weighted by Crippen LogP contribution is 2.18. The van der Waals surface area contributed by atoms with Crippen molar-refractivity contribution in [2.75, 3.05) is 13.1 Å². The fourth-order valence-corrected chi connectivity index (χ4v) is 1.38. The zero-order valence-corrected chi connectivity index (χ0v) is 9.52. The summed E-state index contributed by atoms with van der Waals surface area (Å²) in [6.45, 7) is 3.83. The molecule has 1 aromatic rings. The zero-order chi connectivity index (χ0) is 11.1. The molecule has 0 aliphatic heterocycles. The summed E-state index contributed by atoms with van der Waals surface area (Å²) in [7, 11) is 0. The SMILES string of the molecule is CCCNC/C=C/c1cccc(Cl)c1F. The van der Waals surface area contributed by atoms with Crippen LogP contribution in [0.15, 0.2) is 24.3 Å². The van der Waals surface area contributed by atoms with E-state index in [2.05, 4.69) is 12.2 Å². The summed E-state index contributed by atoms with van der Waals surface area (Å²) < 4.78 is 13.4. The van der Waals surface area contributed by atoms with Gasteiger partial charge in [0.05, 0.1) is 5.02 Å². The fraction of sp³-hybridized carbons (Fsp3) is 0.333. The van der Waals surface area contributed by atoms with Crippen LogP contribution in [0.1, 0.15) is 18.9 Å². The van der Waals surface area contributed by atoms with Gasteiger partial charge in [-0.15, -0.1) is 0 Å². The molecule has 0 saturated heterocycles. The van der Waals surface area contributed by atoms with Crippen LogP contribution in [0.4, 0.5) is 4.39 Å². The van der Waals surface area contributed by atoms with Crippen LogP contribution in [0.3, 0.4) is 0 Å². The molecule has 0 spiro atoms. The predicted molar refractivity (Wildman–Crippen MR) is 63.6 cm³/mol. The summed E-state index contributed by atoms with van der Waals surface area (Å²) in [5.74, 6) is -0.356. The number of halogens is 2. The van der Waals surface area contributed by atoms with E-state index in [-0.39, 0.29) is 10.8 Å². The van der Waals surface area contributed by atoms with E-state index in [1.54, 1.807) is 24.3 Å². The average Bonchev–Trinajstić information content (AvgIpc) is 2.24. The molecule has 0 unspecified atom stereocenters. The number of benzene rings is 1. The Kier molecular flexibility index (Phi) is 5.37. The Balaban J connectivity index is 2.53. The summed E-state index contributed by atoms with van der Waals surface area (Å²) in [5.41, 5.74) is 0.529. The van der Waals surface area contributed by atoms with Crippen molar-refractivity contribution in [3.8, 4) is 0 Å². The van der Waals surface area contributed by atoms with Gasteiger partial charge >= 0.3 is 0 Å². The van der Waals surface area contributed by atoms with Crippen LogP contribution in [0.25, 0.3) is 6.08 Å². The van der Waals surface area contributed by atoms with Gasteiger partial charge in [0.25, 0.3) is 0 Å². The van der Waals surface area contributed by atoms with Crippen molar-refractivity contribution in [3.05, 3.63) is 40.7 Å². The topological polar surface area (TPSA) is 12.0 Å². The highest BCUT2D eigenvalue weighted by Gasteiger charge is 2.01. The lowest BCUT2D eigenvalue weighted by molar-refractivity contribution is 0.625. The highest BCUT2D eigenvalue weighted by molar-refractivity contribution is 6.30. The van der Waals surface area contributed by atoms with E-state index in [4.69, 9.17) is 11.6 Å². The first kappa shape index (κ1) is 12.2. The third-order valence-electron chi connectivity index (χ3n) is 1.97. The molecule has 0 amide bonds. The second-order valence-corrected chi connectivity index (χ2v) is 3.66. The Bertz CT molecular complexity index is 336. The minimum Gasteiger partial charge on any atom is -0.313 e. The predicted octanol–water partition coefficient (Wildman–Crippen LogP) is 3.49. The molecule has 0 fully saturated rings. The first-order chi connectivity index (χ1) is 7.25.